The molecule has 1 aromatic rings. The molecule has 100 valence electrons. The van der Waals surface area contributed by atoms with Crippen molar-refractivity contribution < 1.29 is 9.47 Å². The van der Waals surface area contributed by atoms with Crippen LogP contribution in [0.15, 0.2) is 24.3 Å². The van der Waals surface area contributed by atoms with Gasteiger partial charge in [-0.3, -0.25) is 0 Å². The number of nitrogens with one attached hydrogen (secondary N) is 1. The second kappa shape index (κ2) is 7.39. The third-order valence-corrected chi connectivity index (χ3v) is 3.36. The molecular weight excluding hydrogens is 226 g/mol. The summed E-state index contributed by atoms with van der Waals surface area (Å²) in [5.41, 5.74) is 2.41. The van der Waals surface area contributed by atoms with Crippen molar-refractivity contribution in [2.45, 2.75) is 38.4 Å². The summed E-state index contributed by atoms with van der Waals surface area (Å²) in [6.07, 6.45) is 5.29. The van der Waals surface area contributed by atoms with E-state index < -0.39 is 0 Å². The van der Waals surface area contributed by atoms with Crippen molar-refractivity contribution in [1.82, 2.24) is 0 Å². The van der Waals surface area contributed by atoms with Gasteiger partial charge in [0.15, 0.2) is 0 Å². The van der Waals surface area contributed by atoms with E-state index in [9.17, 15) is 0 Å². The Morgan fingerprint density at radius 3 is 3.06 bits per heavy atom. The van der Waals surface area contributed by atoms with Crippen molar-refractivity contribution in [2.75, 3.05) is 25.6 Å². The molecule has 1 saturated heterocycles. The van der Waals surface area contributed by atoms with Gasteiger partial charge in [0, 0.05) is 31.5 Å². The molecule has 0 spiro atoms. The van der Waals surface area contributed by atoms with Gasteiger partial charge in [-0.2, -0.15) is 0 Å². The molecule has 1 aliphatic heterocycles. The normalized spacial score (nSPS) is 19.1. The van der Waals surface area contributed by atoms with Crippen LogP contribution in [0.1, 0.15) is 31.2 Å². The molecule has 1 unspecified atom stereocenters. The van der Waals surface area contributed by atoms with E-state index in [4.69, 9.17) is 9.47 Å². The van der Waals surface area contributed by atoms with Gasteiger partial charge in [-0.1, -0.05) is 18.2 Å². The highest BCUT2D eigenvalue weighted by Gasteiger charge is 2.14. The standard InChI is InChI=1S/C15H23NO2/c1-17-12-13-6-2-3-9-15(13)16-10-4-7-14-8-5-11-18-14/h2-3,6,9,14,16H,4-5,7-8,10-12H2,1H3. The number of para-hydroxylation sites is 1. The van der Waals surface area contributed by atoms with Crippen LogP contribution in [-0.2, 0) is 16.1 Å². The molecule has 1 aliphatic rings. The highest BCUT2D eigenvalue weighted by molar-refractivity contribution is 5.50. The Labute approximate surface area is 109 Å². The Bertz CT molecular complexity index is 348. The Morgan fingerprint density at radius 2 is 2.28 bits per heavy atom. The molecule has 3 nitrogen and oxygen atoms in total. The number of hydrogen-bond acceptors (Lipinski definition) is 3. The smallest absolute Gasteiger partial charge is 0.0733 e. The summed E-state index contributed by atoms with van der Waals surface area (Å²) in [6.45, 7) is 2.62. The van der Waals surface area contributed by atoms with Gasteiger partial charge < -0.3 is 14.8 Å². The van der Waals surface area contributed by atoms with E-state index in [-0.39, 0.29) is 0 Å². The summed E-state index contributed by atoms with van der Waals surface area (Å²) in [6, 6.07) is 8.32. The molecule has 0 saturated carbocycles. The lowest BCUT2D eigenvalue weighted by Crippen LogP contribution is -2.10. The van der Waals surface area contributed by atoms with E-state index in [1.165, 1.54) is 30.5 Å². The average molecular weight is 249 g/mol. The number of anilines is 1. The lowest BCUT2D eigenvalue weighted by molar-refractivity contribution is 0.103. The fraction of sp³-hybridized carbons (Fsp3) is 0.600. The zero-order valence-corrected chi connectivity index (χ0v) is 11.2. The topological polar surface area (TPSA) is 30.5 Å². The summed E-state index contributed by atoms with van der Waals surface area (Å²) in [5.74, 6) is 0. The number of ether oxygens (including phenoxy) is 2. The fourth-order valence-corrected chi connectivity index (χ4v) is 2.40. The summed E-state index contributed by atoms with van der Waals surface area (Å²) >= 11 is 0. The van der Waals surface area contributed by atoms with Crippen molar-refractivity contribution in [3.05, 3.63) is 29.8 Å². The third kappa shape index (κ3) is 4.00. The molecule has 3 heteroatoms. The number of methoxy groups -OCH3 is 1. The van der Waals surface area contributed by atoms with Crippen LogP contribution in [0.3, 0.4) is 0 Å². The molecule has 1 fully saturated rings. The second-order valence-electron chi connectivity index (χ2n) is 4.79. The van der Waals surface area contributed by atoms with Crippen LogP contribution in [0, 0.1) is 0 Å². The van der Waals surface area contributed by atoms with Gasteiger partial charge in [-0.25, -0.2) is 0 Å². The van der Waals surface area contributed by atoms with Crippen LogP contribution < -0.4 is 5.32 Å². The van der Waals surface area contributed by atoms with E-state index in [0.29, 0.717) is 12.7 Å². The first-order valence-corrected chi connectivity index (χ1v) is 6.82. The van der Waals surface area contributed by atoms with Crippen LogP contribution >= 0.6 is 0 Å². The lowest BCUT2D eigenvalue weighted by Gasteiger charge is -2.13. The quantitative estimate of drug-likeness (QED) is 0.753. The van der Waals surface area contributed by atoms with Crippen LogP contribution in [0.4, 0.5) is 5.69 Å². The van der Waals surface area contributed by atoms with Crippen molar-refractivity contribution in [2.24, 2.45) is 0 Å². The third-order valence-electron chi connectivity index (χ3n) is 3.36. The minimum atomic E-state index is 0.501. The van der Waals surface area contributed by atoms with Gasteiger partial charge in [0.05, 0.1) is 12.7 Å². The first-order valence-electron chi connectivity index (χ1n) is 6.82. The maximum absolute atomic E-state index is 5.62. The summed E-state index contributed by atoms with van der Waals surface area (Å²) < 4.78 is 10.8. The summed E-state index contributed by atoms with van der Waals surface area (Å²) in [7, 11) is 1.73. The summed E-state index contributed by atoms with van der Waals surface area (Å²) in [5, 5.41) is 3.49. The molecule has 1 N–H and O–H groups in total. The van der Waals surface area contributed by atoms with E-state index in [0.717, 1.165) is 19.6 Å². The molecule has 0 bridgehead atoms. The van der Waals surface area contributed by atoms with Crippen molar-refractivity contribution >= 4 is 5.69 Å². The summed E-state index contributed by atoms with van der Waals surface area (Å²) in [4.78, 5) is 0. The van der Waals surface area contributed by atoms with Crippen molar-refractivity contribution in [3.63, 3.8) is 0 Å². The highest BCUT2D eigenvalue weighted by Crippen LogP contribution is 2.18. The van der Waals surface area contributed by atoms with Crippen LogP contribution in [0.25, 0.3) is 0 Å². The van der Waals surface area contributed by atoms with Gasteiger partial charge in [0.1, 0.15) is 0 Å². The Balaban J connectivity index is 1.72. The molecule has 0 aliphatic carbocycles. The average Bonchev–Trinajstić information content (AvgIpc) is 2.90. The zero-order valence-electron chi connectivity index (χ0n) is 11.2. The molecule has 0 aromatic heterocycles. The number of benzene rings is 1. The Kier molecular flexibility index (Phi) is 5.49. The van der Waals surface area contributed by atoms with Gasteiger partial charge in [-0.05, 0) is 31.7 Å². The van der Waals surface area contributed by atoms with Gasteiger partial charge in [0.25, 0.3) is 0 Å². The van der Waals surface area contributed by atoms with Crippen LogP contribution in [-0.4, -0.2) is 26.4 Å². The maximum Gasteiger partial charge on any atom is 0.0733 e. The van der Waals surface area contributed by atoms with E-state index in [1.54, 1.807) is 7.11 Å². The molecule has 2 rings (SSSR count). The SMILES string of the molecule is COCc1ccccc1NCCCC1CCCO1. The maximum atomic E-state index is 5.62. The second-order valence-corrected chi connectivity index (χ2v) is 4.79. The zero-order chi connectivity index (χ0) is 12.6. The highest BCUT2D eigenvalue weighted by atomic mass is 16.5. The molecule has 1 heterocycles. The molecule has 0 amide bonds. The van der Waals surface area contributed by atoms with Gasteiger partial charge in [-0.15, -0.1) is 0 Å². The van der Waals surface area contributed by atoms with Crippen LogP contribution in [0.2, 0.25) is 0 Å². The van der Waals surface area contributed by atoms with Crippen molar-refractivity contribution in [1.29, 1.82) is 0 Å². The monoisotopic (exact) mass is 249 g/mol. The molecule has 1 aromatic carbocycles. The predicted octanol–water partition coefficient (Wildman–Crippen LogP) is 3.20. The van der Waals surface area contributed by atoms with E-state index in [2.05, 4.69) is 23.5 Å². The minimum Gasteiger partial charge on any atom is -0.385 e. The van der Waals surface area contributed by atoms with Gasteiger partial charge >= 0.3 is 0 Å². The van der Waals surface area contributed by atoms with E-state index >= 15 is 0 Å². The van der Waals surface area contributed by atoms with Gasteiger partial charge in [0.2, 0.25) is 0 Å². The van der Waals surface area contributed by atoms with Crippen LogP contribution in [0.5, 0.6) is 0 Å². The largest absolute Gasteiger partial charge is 0.385 e. The number of rotatable bonds is 7. The molecule has 18 heavy (non-hydrogen) atoms. The Hall–Kier alpha value is -1.06. The Morgan fingerprint density at radius 1 is 1.39 bits per heavy atom. The minimum absolute atomic E-state index is 0.501. The molecular formula is C15H23NO2. The fourth-order valence-electron chi connectivity index (χ4n) is 2.40. The first-order chi connectivity index (χ1) is 8.90. The molecule has 0 radical (unpaired) electrons. The predicted molar refractivity (Wildman–Crippen MR) is 73.9 cm³/mol. The van der Waals surface area contributed by atoms with Crippen molar-refractivity contribution in [3.8, 4) is 0 Å². The molecule has 1 atom stereocenters. The number of hydrogen-bond donors (Lipinski definition) is 1. The first kappa shape index (κ1) is 13.4. The lowest BCUT2D eigenvalue weighted by atomic mass is 10.1. The van der Waals surface area contributed by atoms with E-state index in [1.807, 2.05) is 6.07 Å².